The van der Waals surface area contributed by atoms with Gasteiger partial charge >= 0.3 is 5.97 Å². The molecule has 1 aromatic rings. The Bertz CT molecular complexity index is 797. The van der Waals surface area contributed by atoms with Crippen LogP contribution in [0.3, 0.4) is 0 Å². The van der Waals surface area contributed by atoms with Crippen molar-refractivity contribution >= 4 is 55.7 Å². The summed E-state index contributed by atoms with van der Waals surface area (Å²) >= 11 is 4.63. The van der Waals surface area contributed by atoms with E-state index in [2.05, 4.69) is 43.5 Å². The normalized spacial score (nSPS) is 15.4. The average molecular weight is 489 g/mol. The predicted octanol–water partition coefficient (Wildman–Crippen LogP) is 4.01. The molecular weight excluding hydrogens is 464 g/mol. The van der Waals surface area contributed by atoms with Crippen molar-refractivity contribution in [3.63, 3.8) is 0 Å². The minimum atomic E-state index is -1.55. The fourth-order valence-electron chi connectivity index (χ4n) is 2.34. The number of aliphatic imine (C=N–C) groups is 1. The molecule has 0 bridgehead atoms. The van der Waals surface area contributed by atoms with Crippen LogP contribution in [-0.2, 0) is 30.9 Å². The van der Waals surface area contributed by atoms with Gasteiger partial charge in [0.1, 0.15) is 17.7 Å². The summed E-state index contributed by atoms with van der Waals surface area (Å²) in [5.41, 5.74) is -0.189. The second-order valence-electron chi connectivity index (χ2n) is 6.95. The summed E-state index contributed by atoms with van der Waals surface area (Å²) in [6.45, 7) is 13.0. The maximum Gasteiger partial charge on any atom is 0.313 e. The van der Waals surface area contributed by atoms with Crippen LogP contribution in [0, 0.1) is 0 Å². The molecule has 154 valence electrons. The lowest BCUT2D eigenvalue weighted by atomic mass is 9.82. The second kappa shape index (κ2) is 10.4. The van der Waals surface area contributed by atoms with Gasteiger partial charge in [0.25, 0.3) is 0 Å². The first kappa shape index (κ1) is 24.6. The van der Waals surface area contributed by atoms with E-state index in [-0.39, 0.29) is 12.2 Å². The van der Waals surface area contributed by atoms with Crippen LogP contribution >= 0.6 is 27.3 Å². The topological polar surface area (TPSA) is 84.8 Å². The fourth-order valence-corrected chi connectivity index (χ4v) is 4.18. The summed E-state index contributed by atoms with van der Waals surface area (Å²) < 4.78 is 20.4. The highest BCUT2D eigenvalue weighted by atomic mass is 79.9. The summed E-state index contributed by atoms with van der Waals surface area (Å²) in [7, 11) is -0.324. The van der Waals surface area contributed by atoms with Gasteiger partial charge in [-0.3, -0.25) is 9.59 Å². The van der Waals surface area contributed by atoms with Gasteiger partial charge in [-0.2, -0.15) is 11.3 Å². The lowest BCUT2D eigenvalue weighted by Crippen LogP contribution is -2.53. The second-order valence-corrected chi connectivity index (χ2v) is 10.6. The Kier molecular flexibility index (Phi) is 9.13. The summed E-state index contributed by atoms with van der Waals surface area (Å²) in [6, 6.07) is 1.82. The fraction of sp³-hybridized carbons (Fsp3) is 0.421. The summed E-state index contributed by atoms with van der Waals surface area (Å²) in [5.74, 6) is -1.02. The lowest BCUT2D eigenvalue weighted by molar-refractivity contribution is -0.143. The molecule has 1 aromatic heterocycles. The number of carbonyl (C=O) groups excluding carboxylic acids is 2. The molecule has 0 spiro atoms. The molecule has 0 amide bonds. The first-order valence-corrected chi connectivity index (χ1v) is 11.2. The third-order valence-electron chi connectivity index (χ3n) is 3.74. The van der Waals surface area contributed by atoms with Crippen LogP contribution in [0.1, 0.15) is 39.2 Å². The molecular formula is C19H25BrN2O4S2. The molecule has 9 heteroatoms. The molecule has 28 heavy (non-hydrogen) atoms. The molecule has 0 radical (unpaired) electrons. The van der Waals surface area contributed by atoms with E-state index in [1.807, 2.05) is 37.6 Å². The number of ether oxygens (including phenoxy) is 1. The highest BCUT2D eigenvalue weighted by Crippen LogP contribution is 2.33. The third kappa shape index (κ3) is 6.58. The number of thiophene rings is 1. The Balaban J connectivity index is 3.60. The van der Waals surface area contributed by atoms with Crippen molar-refractivity contribution in [2.75, 3.05) is 7.11 Å². The Hall–Kier alpha value is -1.42. The summed E-state index contributed by atoms with van der Waals surface area (Å²) in [4.78, 5) is 28.7. The van der Waals surface area contributed by atoms with E-state index in [0.717, 1.165) is 0 Å². The SMILES string of the molecule is C=C/C(=N\C(=C)Br)C(CC(=O)CC(=O)OC)(NS(=O)C(C)(C)C)c1ccsc1. The van der Waals surface area contributed by atoms with E-state index >= 15 is 0 Å². The zero-order valence-electron chi connectivity index (χ0n) is 16.4. The van der Waals surface area contributed by atoms with E-state index in [0.29, 0.717) is 15.9 Å². The highest BCUT2D eigenvalue weighted by Gasteiger charge is 2.42. The zero-order valence-corrected chi connectivity index (χ0v) is 19.6. The molecule has 0 aliphatic rings. The van der Waals surface area contributed by atoms with E-state index in [1.54, 1.807) is 0 Å². The van der Waals surface area contributed by atoms with Crippen molar-refractivity contribution in [3.05, 3.63) is 46.2 Å². The number of nitrogens with zero attached hydrogens (tertiary/aromatic N) is 1. The lowest BCUT2D eigenvalue weighted by Gasteiger charge is -2.36. The molecule has 0 aliphatic carbocycles. The number of hydrogen-bond acceptors (Lipinski definition) is 6. The Morgan fingerprint density at radius 3 is 2.50 bits per heavy atom. The van der Waals surface area contributed by atoms with E-state index in [1.165, 1.54) is 24.5 Å². The van der Waals surface area contributed by atoms with Crippen LogP contribution in [0.2, 0.25) is 0 Å². The molecule has 0 aliphatic heterocycles. The minimum absolute atomic E-state index is 0.161. The van der Waals surface area contributed by atoms with Crippen LogP contribution < -0.4 is 4.72 Å². The van der Waals surface area contributed by atoms with Crippen LogP contribution in [0.25, 0.3) is 0 Å². The maximum absolute atomic E-state index is 13.0. The van der Waals surface area contributed by atoms with Gasteiger partial charge in [-0.25, -0.2) is 13.9 Å². The largest absolute Gasteiger partial charge is 0.469 e. The number of Topliss-reactive ketones (excluding diaryl/α,β-unsaturated/α-hetero) is 1. The number of halogens is 1. The standard InChI is InChI=1S/C19H25BrN2O4S2/c1-7-16(21-13(2)20)19(14-8-9-27-12-14,22-28(25)18(3,4)5)11-15(23)10-17(24)26-6/h7-9,12,22H,1-2,10-11H2,3-6H3/b21-16+. The van der Waals surface area contributed by atoms with Crippen molar-refractivity contribution in [1.29, 1.82) is 0 Å². The number of nitrogens with one attached hydrogen (secondary N) is 1. The van der Waals surface area contributed by atoms with Gasteiger partial charge in [0.15, 0.2) is 0 Å². The van der Waals surface area contributed by atoms with Crippen molar-refractivity contribution in [3.8, 4) is 0 Å². The van der Waals surface area contributed by atoms with Crippen LogP contribution in [0.5, 0.6) is 0 Å². The quantitative estimate of drug-likeness (QED) is 0.233. The molecule has 2 unspecified atom stereocenters. The number of ketones is 1. The first-order valence-electron chi connectivity index (χ1n) is 8.33. The van der Waals surface area contributed by atoms with Gasteiger partial charge in [-0.1, -0.05) is 13.2 Å². The molecule has 1 rings (SSSR count). The third-order valence-corrected chi connectivity index (χ3v) is 6.25. The molecule has 0 aromatic carbocycles. The monoisotopic (exact) mass is 488 g/mol. The Morgan fingerprint density at radius 2 is 2.07 bits per heavy atom. The molecule has 6 nitrogen and oxygen atoms in total. The molecule has 0 fully saturated rings. The van der Waals surface area contributed by atoms with Gasteiger partial charge in [0.2, 0.25) is 0 Å². The number of esters is 1. The van der Waals surface area contributed by atoms with Crippen LogP contribution in [-0.4, -0.2) is 33.5 Å². The number of methoxy groups -OCH3 is 1. The number of rotatable bonds is 10. The van der Waals surface area contributed by atoms with Crippen molar-refractivity contribution < 1.29 is 18.5 Å². The Labute approximate surface area is 180 Å². The van der Waals surface area contributed by atoms with Gasteiger partial charge in [0.05, 0.1) is 33.2 Å². The van der Waals surface area contributed by atoms with Gasteiger partial charge < -0.3 is 4.74 Å². The average Bonchev–Trinajstić information content (AvgIpc) is 3.12. The van der Waals surface area contributed by atoms with Crippen molar-refractivity contribution in [2.45, 2.75) is 43.9 Å². The zero-order chi connectivity index (χ0) is 21.5. The van der Waals surface area contributed by atoms with Crippen LogP contribution in [0.15, 0.2) is 45.7 Å². The van der Waals surface area contributed by atoms with Gasteiger partial charge in [0, 0.05) is 6.42 Å². The first-order chi connectivity index (χ1) is 13.0. The molecule has 0 saturated heterocycles. The summed E-state index contributed by atoms with van der Waals surface area (Å²) in [5, 5.41) is 3.69. The van der Waals surface area contributed by atoms with Crippen molar-refractivity contribution in [1.82, 2.24) is 4.72 Å². The maximum atomic E-state index is 13.0. The van der Waals surface area contributed by atoms with Crippen molar-refractivity contribution in [2.24, 2.45) is 4.99 Å². The number of hydrogen-bond donors (Lipinski definition) is 1. The molecule has 1 N–H and O–H groups in total. The number of carbonyl (C=O) groups is 2. The van der Waals surface area contributed by atoms with E-state index in [4.69, 9.17) is 0 Å². The molecule has 2 atom stereocenters. The Morgan fingerprint density at radius 1 is 1.43 bits per heavy atom. The highest BCUT2D eigenvalue weighted by molar-refractivity contribution is 9.11. The van der Waals surface area contributed by atoms with E-state index in [9.17, 15) is 13.8 Å². The molecule has 1 heterocycles. The van der Waals surface area contributed by atoms with Gasteiger partial charge in [-0.05, 0) is 65.2 Å². The smallest absolute Gasteiger partial charge is 0.313 e. The van der Waals surface area contributed by atoms with E-state index < -0.39 is 33.7 Å². The van der Waals surface area contributed by atoms with Crippen LogP contribution in [0.4, 0.5) is 0 Å². The summed E-state index contributed by atoms with van der Waals surface area (Å²) in [6.07, 6.45) is 0.931. The minimum Gasteiger partial charge on any atom is -0.469 e. The predicted molar refractivity (Wildman–Crippen MR) is 119 cm³/mol. The molecule has 0 saturated carbocycles. The van der Waals surface area contributed by atoms with Gasteiger partial charge in [-0.15, -0.1) is 0 Å².